The molecule has 30 heavy (non-hydrogen) atoms. The summed E-state index contributed by atoms with van der Waals surface area (Å²) in [6, 6.07) is 18.7. The molecule has 0 saturated carbocycles. The van der Waals surface area contributed by atoms with Gasteiger partial charge in [-0.1, -0.05) is 42.5 Å². The van der Waals surface area contributed by atoms with Crippen LogP contribution in [0.2, 0.25) is 0 Å². The molecule has 2 heterocycles. The van der Waals surface area contributed by atoms with Gasteiger partial charge < -0.3 is 10.2 Å². The van der Waals surface area contributed by atoms with Crippen LogP contribution in [0.5, 0.6) is 0 Å². The Bertz CT molecular complexity index is 966. The lowest BCUT2D eigenvalue weighted by Gasteiger charge is -2.36. The summed E-state index contributed by atoms with van der Waals surface area (Å²) in [6.45, 7) is 7.42. The van der Waals surface area contributed by atoms with Crippen molar-refractivity contribution in [1.82, 2.24) is 15.2 Å². The first kappa shape index (κ1) is 20.4. The second-order valence-electron chi connectivity index (χ2n) is 7.47. The highest BCUT2D eigenvalue weighted by molar-refractivity contribution is 7.13. The van der Waals surface area contributed by atoms with Crippen LogP contribution in [0.4, 0.5) is 15.6 Å². The van der Waals surface area contributed by atoms with Gasteiger partial charge in [0.05, 0.1) is 5.69 Å². The van der Waals surface area contributed by atoms with Gasteiger partial charge in [0.15, 0.2) is 5.13 Å². The number of aromatic nitrogens is 1. The summed E-state index contributed by atoms with van der Waals surface area (Å²) in [5, 5.41) is 8.29. The number of thiazole rings is 1. The zero-order chi connectivity index (χ0) is 20.8. The first-order valence-corrected chi connectivity index (χ1v) is 11.1. The van der Waals surface area contributed by atoms with Gasteiger partial charge in [-0.15, -0.1) is 11.3 Å². The fraction of sp³-hybridized carbons (Fsp3) is 0.304. The average Bonchev–Trinajstić information content (AvgIpc) is 3.18. The molecule has 7 heteroatoms. The first-order chi connectivity index (χ1) is 14.7. The second kappa shape index (κ2) is 9.73. The second-order valence-corrected chi connectivity index (χ2v) is 8.33. The normalized spacial score (nSPS) is 14.5. The molecule has 0 aliphatic carbocycles. The number of carbonyl (C=O) groups is 1. The number of hydrogen-bond acceptors (Lipinski definition) is 5. The summed E-state index contributed by atoms with van der Waals surface area (Å²) in [5.74, 6) is 0. The molecule has 0 radical (unpaired) electrons. The molecule has 1 aliphatic rings. The molecular formula is C23H27N5OS. The molecule has 2 aromatic carbocycles. The molecule has 0 unspecified atom stereocenters. The van der Waals surface area contributed by atoms with E-state index in [1.807, 2.05) is 18.4 Å². The average molecular weight is 422 g/mol. The van der Waals surface area contributed by atoms with Gasteiger partial charge in [-0.3, -0.25) is 10.2 Å². The molecule has 156 valence electrons. The fourth-order valence-corrected chi connectivity index (χ4v) is 4.34. The van der Waals surface area contributed by atoms with E-state index < -0.39 is 0 Å². The highest BCUT2D eigenvalue weighted by Crippen LogP contribution is 2.18. The Morgan fingerprint density at radius 3 is 2.40 bits per heavy atom. The quantitative estimate of drug-likeness (QED) is 0.629. The number of piperazine rings is 1. The Morgan fingerprint density at radius 1 is 1.00 bits per heavy atom. The van der Waals surface area contributed by atoms with Crippen LogP contribution >= 0.6 is 11.3 Å². The van der Waals surface area contributed by atoms with Crippen LogP contribution < -0.4 is 15.5 Å². The van der Waals surface area contributed by atoms with E-state index in [4.69, 9.17) is 0 Å². The van der Waals surface area contributed by atoms with E-state index in [1.165, 1.54) is 22.6 Å². The van der Waals surface area contributed by atoms with Crippen LogP contribution in [0, 0.1) is 6.92 Å². The van der Waals surface area contributed by atoms with Crippen LogP contribution in [0.1, 0.15) is 16.8 Å². The number of carbonyl (C=O) groups excluding carboxylic acids is 1. The Balaban J connectivity index is 1.30. The van der Waals surface area contributed by atoms with Gasteiger partial charge in [-0.25, -0.2) is 9.78 Å². The molecule has 0 spiro atoms. The van der Waals surface area contributed by atoms with Crippen molar-refractivity contribution in [3.63, 3.8) is 0 Å². The van der Waals surface area contributed by atoms with E-state index in [0.717, 1.165) is 44.0 Å². The number of benzene rings is 2. The number of nitrogens with zero attached hydrogens (tertiary/aromatic N) is 3. The zero-order valence-electron chi connectivity index (χ0n) is 17.2. The topological polar surface area (TPSA) is 60.5 Å². The van der Waals surface area contributed by atoms with Gasteiger partial charge in [0.2, 0.25) is 0 Å². The van der Waals surface area contributed by atoms with Crippen LogP contribution in [-0.4, -0.2) is 42.1 Å². The maximum absolute atomic E-state index is 12.2. The number of urea groups is 1. The predicted octanol–water partition coefficient (Wildman–Crippen LogP) is 4.10. The summed E-state index contributed by atoms with van der Waals surface area (Å²) in [7, 11) is 0. The lowest BCUT2D eigenvalue weighted by atomic mass is 10.1. The number of hydrogen-bond donors (Lipinski definition) is 2. The molecule has 0 bridgehead atoms. The Kier molecular flexibility index (Phi) is 6.61. The minimum Gasteiger partial charge on any atom is -0.369 e. The molecular weight excluding hydrogens is 394 g/mol. The van der Waals surface area contributed by atoms with Crippen molar-refractivity contribution in [3.05, 3.63) is 76.8 Å². The standard InChI is InChI=1S/C23H27N5OS/c1-18-17-30-23(25-18)26-22(29)24-15-19-7-5-6-8-20(19)16-27-11-13-28(14-12-27)21-9-3-2-4-10-21/h2-10,17H,11-16H2,1H3,(H2,24,25,26,29). The third-order valence-corrected chi connectivity index (χ3v) is 6.16. The largest absolute Gasteiger partial charge is 0.369 e. The maximum Gasteiger partial charge on any atom is 0.321 e. The number of anilines is 2. The van der Waals surface area contributed by atoms with E-state index in [0.29, 0.717) is 11.7 Å². The Morgan fingerprint density at radius 2 is 1.70 bits per heavy atom. The third-order valence-electron chi connectivity index (χ3n) is 5.28. The van der Waals surface area contributed by atoms with Gasteiger partial charge in [-0.2, -0.15) is 0 Å². The molecule has 6 nitrogen and oxygen atoms in total. The van der Waals surface area contributed by atoms with Gasteiger partial charge in [0, 0.05) is 50.3 Å². The highest BCUT2D eigenvalue weighted by atomic mass is 32.1. The minimum absolute atomic E-state index is 0.226. The van der Waals surface area contributed by atoms with Gasteiger partial charge in [0.25, 0.3) is 0 Å². The van der Waals surface area contributed by atoms with E-state index in [2.05, 4.69) is 73.9 Å². The molecule has 4 rings (SSSR count). The van der Waals surface area contributed by atoms with Crippen molar-refractivity contribution in [2.75, 3.05) is 36.4 Å². The van der Waals surface area contributed by atoms with E-state index in [-0.39, 0.29) is 6.03 Å². The monoisotopic (exact) mass is 421 g/mol. The summed E-state index contributed by atoms with van der Waals surface area (Å²) >= 11 is 1.43. The number of aryl methyl sites for hydroxylation is 1. The molecule has 1 fully saturated rings. The smallest absolute Gasteiger partial charge is 0.321 e. The van der Waals surface area contributed by atoms with Crippen LogP contribution in [0.25, 0.3) is 0 Å². The van der Waals surface area contributed by atoms with E-state index in [1.54, 1.807) is 0 Å². The van der Waals surface area contributed by atoms with E-state index in [9.17, 15) is 4.79 Å². The first-order valence-electron chi connectivity index (χ1n) is 10.2. The Hall–Kier alpha value is -2.90. The number of rotatable bonds is 6. The maximum atomic E-state index is 12.2. The number of para-hydroxylation sites is 1. The van der Waals surface area contributed by atoms with Gasteiger partial charge in [-0.05, 0) is 30.2 Å². The van der Waals surface area contributed by atoms with Gasteiger partial charge in [0.1, 0.15) is 0 Å². The molecule has 0 atom stereocenters. The summed E-state index contributed by atoms with van der Waals surface area (Å²) in [5.41, 5.74) is 4.61. The van der Waals surface area contributed by atoms with Crippen LogP contribution in [-0.2, 0) is 13.1 Å². The predicted molar refractivity (Wildman–Crippen MR) is 123 cm³/mol. The van der Waals surface area contributed by atoms with Crippen molar-refractivity contribution in [2.24, 2.45) is 0 Å². The fourth-order valence-electron chi connectivity index (χ4n) is 3.66. The number of nitrogens with one attached hydrogen (secondary N) is 2. The van der Waals surface area contributed by atoms with Crippen molar-refractivity contribution < 1.29 is 4.79 Å². The lowest BCUT2D eigenvalue weighted by molar-refractivity contribution is 0.247. The van der Waals surface area contributed by atoms with Crippen LogP contribution in [0.3, 0.4) is 0 Å². The Labute approximate surface area is 181 Å². The SMILES string of the molecule is Cc1csc(NC(=O)NCc2ccccc2CN2CCN(c3ccccc3)CC2)n1. The van der Waals surface area contributed by atoms with Crippen molar-refractivity contribution in [1.29, 1.82) is 0 Å². The third kappa shape index (κ3) is 5.37. The van der Waals surface area contributed by atoms with E-state index >= 15 is 0 Å². The highest BCUT2D eigenvalue weighted by Gasteiger charge is 2.18. The summed E-state index contributed by atoms with van der Waals surface area (Å²) in [4.78, 5) is 21.4. The number of amides is 2. The van der Waals surface area contributed by atoms with Crippen molar-refractivity contribution in [3.8, 4) is 0 Å². The van der Waals surface area contributed by atoms with Crippen molar-refractivity contribution >= 4 is 28.2 Å². The molecule has 1 saturated heterocycles. The summed E-state index contributed by atoms with van der Waals surface area (Å²) in [6.07, 6.45) is 0. The molecule has 2 N–H and O–H groups in total. The van der Waals surface area contributed by atoms with Crippen LogP contribution in [0.15, 0.2) is 60.0 Å². The molecule has 1 aromatic heterocycles. The van der Waals surface area contributed by atoms with Gasteiger partial charge >= 0.3 is 6.03 Å². The van der Waals surface area contributed by atoms with Crippen molar-refractivity contribution in [2.45, 2.75) is 20.0 Å². The lowest BCUT2D eigenvalue weighted by Crippen LogP contribution is -2.46. The molecule has 1 aliphatic heterocycles. The molecule has 3 aromatic rings. The summed E-state index contributed by atoms with van der Waals surface area (Å²) < 4.78 is 0. The molecule has 2 amide bonds. The minimum atomic E-state index is -0.226. The zero-order valence-corrected chi connectivity index (χ0v) is 18.0.